The third-order valence-electron chi connectivity index (χ3n) is 3.82. The molecule has 1 amide bonds. The van der Waals surface area contributed by atoms with Crippen LogP contribution in [0.5, 0.6) is 5.88 Å². The Kier molecular flexibility index (Phi) is 5.84. The first-order valence-electron chi connectivity index (χ1n) is 7.23. The molecule has 0 spiro atoms. The monoisotopic (exact) mass is 321 g/mol. The minimum absolute atomic E-state index is 0.0454. The predicted molar refractivity (Wildman–Crippen MR) is 87.1 cm³/mol. The Hall–Kier alpha value is -2.44. The number of ether oxygens (including phenoxy) is 1. The summed E-state index contributed by atoms with van der Waals surface area (Å²) in [4.78, 5) is 31.2. The van der Waals surface area contributed by atoms with E-state index in [4.69, 9.17) is 4.74 Å². The second kappa shape index (κ2) is 7.21. The maximum absolute atomic E-state index is 11.5. The molecule has 23 heavy (non-hydrogen) atoms. The zero-order valence-electron chi connectivity index (χ0n) is 14.3. The zero-order valence-corrected chi connectivity index (χ0v) is 14.3. The molecule has 1 aromatic heterocycles. The van der Waals surface area contributed by atoms with Crippen LogP contribution in [0.1, 0.15) is 49.3 Å². The van der Waals surface area contributed by atoms with Crippen molar-refractivity contribution in [3.8, 4) is 5.88 Å². The molecule has 126 valence electrons. The first-order chi connectivity index (χ1) is 10.6. The van der Waals surface area contributed by atoms with E-state index in [2.05, 4.69) is 15.3 Å². The van der Waals surface area contributed by atoms with Gasteiger partial charge in [-0.25, -0.2) is 9.78 Å². The van der Waals surface area contributed by atoms with Gasteiger partial charge in [-0.05, 0) is 32.8 Å². The third kappa shape index (κ3) is 4.28. The van der Waals surface area contributed by atoms with Gasteiger partial charge >= 0.3 is 5.97 Å². The van der Waals surface area contributed by atoms with Crippen molar-refractivity contribution < 1.29 is 19.4 Å². The van der Waals surface area contributed by atoms with E-state index >= 15 is 0 Å². The van der Waals surface area contributed by atoms with E-state index in [0.29, 0.717) is 12.0 Å². The summed E-state index contributed by atoms with van der Waals surface area (Å²) in [6.07, 6.45) is 0.453. The highest BCUT2D eigenvalue weighted by atomic mass is 16.5. The largest absolute Gasteiger partial charge is 0.481 e. The quantitative estimate of drug-likeness (QED) is 0.474. The highest BCUT2D eigenvalue weighted by molar-refractivity contribution is 6.09. The van der Waals surface area contributed by atoms with Gasteiger partial charge in [-0.15, -0.1) is 0 Å². The Morgan fingerprint density at radius 3 is 2.52 bits per heavy atom. The number of hydrogen-bond acceptors (Lipinski definition) is 5. The summed E-state index contributed by atoms with van der Waals surface area (Å²) in [7, 11) is 1.45. The van der Waals surface area contributed by atoms with Crippen LogP contribution in [0.4, 0.5) is 0 Å². The second-order valence-electron chi connectivity index (χ2n) is 6.05. The first kappa shape index (κ1) is 18.6. The molecule has 0 aliphatic carbocycles. The number of carboxylic acid groups (broad SMARTS) is 1. The lowest BCUT2D eigenvalue weighted by atomic mass is 9.91. The van der Waals surface area contributed by atoms with Gasteiger partial charge in [0.15, 0.2) is 5.84 Å². The van der Waals surface area contributed by atoms with Crippen molar-refractivity contribution in [2.75, 3.05) is 7.11 Å². The number of aliphatic imine (C=N–C) groups is 1. The summed E-state index contributed by atoms with van der Waals surface area (Å²) >= 11 is 0. The van der Waals surface area contributed by atoms with Gasteiger partial charge in [0.05, 0.1) is 18.2 Å². The minimum atomic E-state index is -1.15. The van der Waals surface area contributed by atoms with Crippen LogP contribution in [0.25, 0.3) is 0 Å². The van der Waals surface area contributed by atoms with Crippen molar-refractivity contribution in [3.05, 3.63) is 22.9 Å². The fraction of sp³-hybridized carbons (Fsp3) is 0.500. The highest BCUT2D eigenvalue weighted by Gasteiger charge is 2.26. The molecule has 0 atom stereocenters. The molecule has 0 bridgehead atoms. The summed E-state index contributed by atoms with van der Waals surface area (Å²) in [5.74, 6) is -0.588. The number of carbonyl (C=O) groups is 2. The van der Waals surface area contributed by atoms with Gasteiger partial charge in [0.25, 0.3) is 0 Å². The summed E-state index contributed by atoms with van der Waals surface area (Å²) in [6, 6.07) is 1.45. The molecule has 0 unspecified atom stereocenters. The van der Waals surface area contributed by atoms with E-state index in [0.717, 1.165) is 0 Å². The maximum Gasteiger partial charge on any atom is 0.338 e. The van der Waals surface area contributed by atoms with Crippen LogP contribution in [0, 0.1) is 12.8 Å². The number of amidine groups is 1. The number of carbonyl (C=O) groups excluding carboxylic acids is 1. The van der Waals surface area contributed by atoms with Crippen molar-refractivity contribution in [3.63, 3.8) is 0 Å². The molecule has 1 rings (SSSR count). The number of aryl methyl sites for hydroxylation is 1. The number of nitrogens with one attached hydrogen (secondary N) is 1. The third-order valence-corrected chi connectivity index (χ3v) is 3.82. The molecule has 0 aromatic carbocycles. The Labute approximate surface area is 135 Å². The number of hydrogen-bond donors (Lipinski definition) is 2. The average molecular weight is 321 g/mol. The maximum atomic E-state index is 11.5. The molecular formula is C16H23N3O4. The summed E-state index contributed by atoms with van der Waals surface area (Å²) in [6.45, 7) is 9.47. The number of pyridine rings is 1. The fourth-order valence-electron chi connectivity index (χ4n) is 1.77. The van der Waals surface area contributed by atoms with Crippen molar-refractivity contribution in [1.82, 2.24) is 10.3 Å². The SMILES string of the molecule is COc1nc(C(=NC(C)(C)C(C)C)NC=O)c(C(=O)O)cc1C. The number of aromatic nitrogens is 1. The molecule has 7 heteroatoms. The Balaban J connectivity index is 3.62. The number of methoxy groups -OCH3 is 1. The standard InChI is InChI=1S/C16H23N3O4/c1-9(2)16(4,5)19-13(17-8-20)12-11(15(21)22)7-10(3)14(18-12)23-6/h7-9H,1-6H3,(H,21,22)(H,17,19,20). The van der Waals surface area contributed by atoms with Crippen LogP contribution in [0.3, 0.4) is 0 Å². The minimum Gasteiger partial charge on any atom is -0.481 e. The van der Waals surface area contributed by atoms with Crippen LogP contribution in [-0.2, 0) is 4.79 Å². The lowest BCUT2D eigenvalue weighted by molar-refractivity contribution is -0.108. The Morgan fingerprint density at radius 1 is 1.48 bits per heavy atom. The Bertz CT molecular complexity index is 636. The van der Waals surface area contributed by atoms with Crippen molar-refractivity contribution >= 4 is 18.2 Å². The average Bonchev–Trinajstić information content (AvgIpc) is 2.46. The van der Waals surface area contributed by atoms with Crippen LogP contribution in [0.2, 0.25) is 0 Å². The molecule has 0 radical (unpaired) electrons. The fourth-order valence-corrected chi connectivity index (χ4v) is 1.77. The molecule has 0 fully saturated rings. The van der Waals surface area contributed by atoms with Gasteiger partial charge in [0.1, 0.15) is 5.69 Å². The predicted octanol–water partition coefficient (Wildman–Crippen LogP) is 2.02. The molecule has 7 nitrogen and oxygen atoms in total. The Morgan fingerprint density at radius 2 is 2.09 bits per heavy atom. The van der Waals surface area contributed by atoms with Gasteiger partial charge in [-0.1, -0.05) is 13.8 Å². The smallest absolute Gasteiger partial charge is 0.338 e. The molecule has 2 N–H and O–H groups in total. The van der Waals surface area contributed by atoms with E-state index in [9.17, 15) is 14.7 Å². The number of rotatable bonds is 6. The van der Waals surface area contributed by atoms with Gasteiger partial charge in [0, 0.05) is 5.56 Å². The van der Waals surface area contributed by atoms with Gasteiger partial charge in [-0.2, -0.15) is 0 Å². The van der Waals surface area contributed by atoms with E-state index in [-0.39, 0.29) is 28.9 Å². The normalized spacial score (nSPS) is 12.2. The lowest BCUT2D eigenvalue weighted by Crippen LogP contribution is -2.33. The van der Waals surface area contributed by atoms with Gasteiger partial charge in [-0.3, -0.25) is 9.79 Å². The molecule has 1 heterocycles. The van der Waals surface area contributed by atoms with Crippen LogP contribution in [-0.4, -0.2) is 41.0 Å². The van der Waals surface area contributed by atoms with Crippen LogP contribution >= 0.6 is 0 Å². The zero-order chi connectivity index (χ0) is 17.8. The van der Waals surface area contributed by atoms with Crippen molar-refractivity contribution in [1.29, 1.82) is 0 Å². The molecule has 0 aliphatic rings. The molecular weight excluding hydrogens is 298 g/mol. The summed E-state index contributed by atoms with van der Waals surface area (Å²) in [5, 5.41) is 11.9. The summed E-state index contributed by atoms with van der Waals surface area (Å²) in [5.41, 5.74) is 0.0972. The van der Waals surface area contributed by atoms with Gasteiger partial charge < -0.3 is 15.2 Å². The van der Waals surface area contributed by atoms with E-state index < -0.39 is 11.5 Å². The topological polar surface area (TPSA) is 101 Å². The van der Waals surface area contributed by atoms with E-state index in [1.54, 1.807) is 6.92 Å². The number of aromatic carboxylic acids is 1. The van der Waals surface area contributed by atoms with E-state index in [1.165, 1.54) is 13.2 Å². The summed E-state index contributed by atoms with van der Waals surface area (Å²) < 4.78 is 5.15. The number of carboxylic acids is 1. The number of amides is 1. The van der Waals surface area contributed by atoms with Crippen molar-refractivity contribution in [2.24, 2.45) is 10.9 Å². The second-order valence-corrected chi connectivity index (χ2v) is 6.05. The molecule has 0 saturated carbocycles. The van der Waals surface area contributed by atoms with Crippen molar-refractivity contribution in [2.45, 2.75) is 40.2 Å². The van der Waals surface area contributed by atoms with Gasteiger partial charge in [0.2, 0.25) is 12.3 Å². The van der Waals surface area contributed by atoms with E-state index in [1.807, 2.05) is 27.7 Å². The van der Waals surface area contributed by atoms with Crippen LogP contribution < -0.4 is 10.1 Å². The first-order valence-corrected chi connectivity index (χ1v) is 7.23. The molecule has 0 saturated heterocycles. The molecule has 1 aromatic rings. The highest BCUT2D eigenvalue weighted by Crippen LogP contribution is 2.24. The van der Waals surface area contributed by atoms with Crippen LogP contribution in [0.15, 0.2) is 11.1 Å². The lowest BCUT2D eigenvalue weighted by Gasteiger charge is -2.26. The molecule has 0 aliphatic heterocycles. The number of nitrogens with zero attached hydrogens (tertiary/aromatic N) is 2.